The number of fused-ring (bicyclic) bond motifs is 1. The van der Waals surface area contributed by atoms with Gasteiger partial charge in [0, 0.05) is 30.1 Å². The van der Waals surface area contributed by atoms with Crippen molar-refractivity contribution in [3.05, 3.63) is 74.8 Å². The smallest absolute Gasteiger partial charge is 0.274 e. The molecule has 10 heteroatoms. The molecule has 184 valence electrons. The van der Waals surface area contributed by atoms with Crippen molar-refractivity contribution in [3.63, 3.8) is 0 Å². The third kappa shape index (κ3) is 4.97. The van der Waals surface area contributed by atoms with Crippen molar-refractivity contribution >= 4 is 44.5 Å². The van der Waals surface area contributed by atoms with Gasteiger partial charge in [0.15, 0.2) is 15.5 Å². The second-order valence-corrected chi connectivity index (χ2v) is 12.0. The molecular weight excluding hydrogens is 512 g/mol. The summed E-state index contributed by atoms with van der Waals surface area (Å²) in [6.45, 7) is 1.23. The van der Waals surface area contributed by atoms with E-state index in [1.807, 2.05) is 0 Å². The highest BCUT2D eigenvalue weighted by Crippen LogP contribution is 2.37. The second-order valence-electron chi connectivity index (χ2n) is 9.09. The monoisotopic (exact) mass is 535 g/mol. The van der Waals surface area contributed by atoms with Gasteiger partial charge in [-0.15, -0.1) is 0 Å². The van der Waals surface area contributed by atoms with Gasteiger partial charge in [-0.1, -0.05) is 35.4 Å². The zero-order chi connectivity index (χ0) is 24.7. The SMILES string of the molecule is O=C(c1nn(-c2ccc(Cl)cc2Cl)c2c1CS(=O)(=O)C/C2=C\C1=CC=C(F)CC1)N1CCCCC1. The average Bonchev–Trinajstić information content (AvgIpc) is 3.18. The molecule has 0 N–H and O–H groups in total. The molecule has 0 spiro atoms. The fourth-order valence-electron chi connectivity index (χ4n) is 4.82. The van der Waals surface area contributed by atoms with Gasteiger partial charge in [0.1, 0.15) is 5.83 Å². The number of aromatic nitrogens is 2. The molecule has 0 bridgehead atoms. The number of amides is 1. The Bertz CT molecular complexity index is 1400. The van der Waals surface area contributed by atoms with E-state index >= 15 is 0 Å². The van der Waals surface area contributed by atoms with Crippen LogP contribution in [-0.4, -0.2) is 47.8 Å². The van der Waals surface area contributed by atoms with Crippen LogP contribution in [0.2, 0.25) is 10.0 Å². The molecular formula is C25H24Cl2FN3O3S. The van der Waals surface area contributed by atoms with Gasteiger partial charge >= 0.3 is 0 Å². The predicted octanol–water partition coefficient (Wildman–Crippen LogP) is 5.69. The summed E-state index contributed by atoms with van der Waals surface area (Å²) in [5.41, 5.74) is 2.86. The Morgan fingerprint density at radius 2 is 1.83 bits per heavy atom. The van der Waals surface area contributed by atoms with E-state index in [0.717, 1.165) is 24.8 Å². The number of piperidine rings is 1. The molecule has 0 radical (unpaired) electrons. The predicted molar refractivity (Wildman–Crippen MR) is 135 cm³/mol. The fourth-order valence-corrected chi connectivity index (χ4v) is 6.82. The number of halogens is 3. The third-order valence-electron chi connectivity index (χ3n) is 6.50. The van der Waals surface area contributed by atoms with Crippen LogP contribution >= 0.6 is 23.2 Å². The molecule has 1 amide bonds. The first-order valence-electron chi connectivity index (χ1n) is 11.5. The molecule has 1 aliphatic carbocycles. The first-order valence-corrected chi connectivity index (χ1v) is 14.1. The molecule has 1 aromatic heterocycles. The van der Waals surface area contributed by atoms with Gasteiger partial charge in [0.2, 0.25) is 0 Å². The van der Waals surface area contributed by atoms with Gasteiger partial charge < -0.3 is 4.90 Å². The number of likely N-dealkylation sites (tertiary alicyclic amines) is 1. The first-order chi connectivity index (χ1) is 16.7. The van der Waals surface area contributed by atoms with Gasteiger partial charge in [0.25, 0.3) is 5.91 Å². The molecule has 2 aromatic rings. The van der Waals surface area contributed by atoms with Crippen molar-refractivity contribution in [2.24, 2.45) is 0 Å². The van der Waals surface area contributed by atoms with Crippen molar-refractivity contribution in [2.45, 2.75) is 37.9 Å². The van der Waals surface area contributed by atoms with Crippen molar-refractivity contribution in [2.75, 3.05) is 18.8 Å². The summed E-state index contributed by atoms with van der Waals surface area (Å²) in [5, 5.41) is 5.43. The minimum Gasteiger partial charge on any atom is -0.337 e. The maximum Gasteiger partial charge on any atom is 0.274 e. The van der Waals surface area contributed by atoms with E-state index in [1.165, 1.54) is 6.08 Å². The zero-order valence-corrected chi connectivity index (χ0v) is 21.3. The van der Waals surface area contributed by atoms with Gasteiger partial charge in [-0.3, -0.25) is 4.79 Å². The second kappa shape index (κ2) is 9.56. The number of sulfone groups is 1. The molecule has 5 rings (SSSR count). The molecule has 0 unspecified atom stereocenters. The lowest BCUT2D eigenvalue weighted by molar-refractivity contribution is 0.0717. The lowest BCUT2D eigenvalue weighted by Gasteiger charge is -2.26. The topological polar surface area (TPSA) is 72.3 Å². The quantitative estimate of drug-likeness (QED) is 0.505. The number of allylic oxidation sites excluding steroid dienone is 5. The summed E-state index contributed by atoms with van der Waals surface area (Å²) < 4.78 is 41.1. The van der Waals surface area contributed by atoms with E-state index in [0.29, 0.717) is 52.1 Å². The summed E-state index contributed by atoms with van der Waals surface area (Å²) in [6.07, 6.45) is 8.40. The van der Waals surface area contributed by atoms with Gasteiger partial charge in [-0.25, -0.2) is 17.5 Å². The number of carbonyl (C=O) groups excluding carboxylic acids is 1. The third-order valence-corrected chi connectivity index (χ3v) is 8.52. The van der Waals surface area contributed by atoms with E-state index < -0.39 is 9.84 Å². The lowest BCUT2D eigenvalue weighted by atomic mass is 9.99. The molecule has 3 heterocycles. The molecule has 6 nitrogen and oxygen atoms in total. The van der Waals surface area contributed by atoms with Gasteiger partial charge in [0.05, 0.1) is 27.9 Å². The van der Waals surface area contributed by atoms with Crippen molar-refractivity contribution < 1.29 is 17.6 Å². The van der Waals surface area contributed by atoms with E-state index in [4.69, 9.17) is 23.2 Å². The summed E-state index contributed by atoms with van der Waals surface area (Å²) in [7, 11) is -3.54. The van der Waals surface area contributed by atoms with Crippen LogP contribution in [0, 0.1) is 0 Å². The Kier molecular flexibility index (Phi) is 6.63. The summed E-state index contributed by atoms with van der Waals surface area (Å²) >= 11 is 12.6. The van der Waals surface area contributed by atoms with Crippen LogP contribution in [0.4, 0.5) is 4.39 Å². The van der Waals surface area contributed by atoms with E-state index in [9.17, 15) is 17.6 Å². The first kappa shape index (κ1) is 24.3. The van der Waals surface area contributed by atoms with Crippen molar-refractivity contribution in [1.29, 1.82) is 0 Å². The maximum absolute atomic E-state index is 13.5. The Labute approximate surface area is 213 Å². The van der Waals surface area contributed by atoms with Gasteiger partial charge in [-0.2, -0.15) is 5.10 Å². The molecule has 3 aliphatic rings. The molecule has 1 saturated heterocycles. The number of hydrogen-bond acceptors (Lipinski definition) is 4. The normalized spacial score (nSPS) is 20.9. The van der Waals surface area contributed by atoms with E-state index in [-0.39, 0.29) is 35.4 Å². The Morgan fingerprint density at radius 1 is 1.06 bits per heavy atom. The van der Waals surface area contributed by atoms with Crippen LogP contribution < -0.4 is 0 Å². The molecule has 1 aromatic carbocycles. The zero-order valence-electron chi connectivity index (χ0n) is 18.9. The van der Waals surface area contributed by atoms with Crippen LogP contribution in [0.15, 0.2) is 47.8 Å². The highest BCUT2D eigenvalue weighted by Gasteiger charge is 2.36. The molecule has 0 saturated carbocycles. The highest BCUT2D eigenvalue weighted by atomic mass is 35.5. The number of nitrogens with zero attached hydrogens (tertiary/aromatic N) is 3. The fraction of sp³-hybridized carbons (Fsp3) is 0.360. The van der Waals surface area contributed by atoms with Crippen LogP contribution in [-0.2, 0) is 15.6 Å². The summed E-state index contributed by atoms with van der Waals surface area (Å²) in [6, 6.07) is 4.95. The van der Waals surface area contributed by atoms with E-state index in [2.05, 4.69) is 5.10 Å². The number of hydrogen-bond donors (Lipinski definition) is 0. The maximum atomic E-state index is 13.5. The van der Waals surface area contributed by atoms with Crippen LogP contribution in [0.25, 0.3) is 11.3 Å². The van der Waals surface area contributed by atoms with Crippen LogP contribution in [0.3, 0.4) is 0 Å². The molecule has 1 fully saturated rings. The average molecular weight is 536 g/mol. The summed E-state index contributed by atoms with van der Waals surface area (Å²) in [4.78, 5) is 15.3. The lowest BCUT2D eigenvalue weighted by Crippen LogP contribution is -2.36. The molecule has 35 heavy (non-hydrogen) atoms. The largest absolute Gasteiger partial charge is 0.337 e. The highest BCUT2D eigenvalue weighted by molar-refractivity contribution is 7.91. The Hall–Kier alpha value is -2.42. The van der Waals surface area contributed by atoms with Crippen LogP contribution in [0.5, 0.6) is 0 Å². The minimum atomic E-state index is -3.54. The number of carbonyl (C=O) groups is 1. The Morgan fingerprint density at radius 3 is 2.51 bits per heavy atom. The van der Waals surface area contributed by atoms with E-state index in [1.54, 1.807) is 39.9 Å². The molecule has 2 aliphatic heterocycles. The minimum absolute atomic E-state index is 0.130. The van der Waals surface area contributed by atoms with Crippen LogP contribution in [0.1, 0.15) is 53.8 Å². The van der Waals surface area contributed by atoms with Gasteiger partial charge in [-0.05, 0) is 61.1 Å². The number of rotatable bonds is 3. The molecule has 0 atom stereocenters. The number of benzene rings is 1. The Balaban J connectivity index is 1.72. The summed E-state index contributed by atoms with van der Waals surface area (Å²) in [5.74, 6) is -0.981. The van der Waals surface area contributed by atoms with Crippen molar-refractivity contribution in [1.82, 2.24) is 14.7 Å². The standard InChI is InChI=1S/C25H24Cl2FN3O3S/c26-18-6-9-22(21(27)13-18)31-24-17(12-16-4-7-19(28)8-5-16)14-35(33,34)15-20(24)23(29-31)25(32)30-10-2-1-3-11-30/h4,6-7,9,12-13H,1-3,5,8,10-11,14-15H2/b17-12+. The van der Waals surface area contributed by atoms with Crippen molar-refractivity contribution in [3.8, 4) is 5.69 Å².